The van der Waals surface area contributed by atoms with E-state index in [1.54, 1.807) is 36.4 Å². The van der Waals surface area contributed by atoms with Crippen LogP contribution < -0.4 is 0 Å². The summed E-state index contributed by atoms with van der Waals surface area (Å²) in [6.07, 6.45) is 2.95. The Hall–Kier alpha value is -7.60. The molecule has 1 aromatic carbocycles. The number of aromatic nitrogens is 2. The van der Waals surface area contributed by atoms with Crippen molar-refractivity contribution < 1.29 is 0 Å². The molecule has 0 radical (unpaired) electrons. The summed E-state index contributed by atoms with van der Waals surface area (Å²) < 4.78 is 0. The Morgan fingerprint density at radius 1 is 0.571 bits per heavy atom. The van der Waals surface area contributed by atoms with Crippen LogP contribution in [0.4, 0.5) is 0 Å². The number of hydrogen-bond donors (Lipinski definition) is 0. The van der Waals surface area contributed by atoms with Crippen molar-refractivity contribution in [2.45, 2.75) is 0 Å². The summed E-state index contributed by atoms with van der Waals surface area (Å²) in [6, 6.07) is 17.5. The van der Waals surface area contributed by atoms with Crippen molar-refractivity contribution in [2.24, 2.45) is 0 Å². The lowest BCUT2D eigenvalue weighted by Gasteiger charge is -2.22. The van der Waals surface area contributed by atoms with Crippen LogP contribution in [0.1, 0.15) is 22.3 Å². The minimum absolute atomic E-state index is 0.115. The predicted octanol–water partition coefficient (Wildman–Crippen LogP) is 6.45. The zero-order valence-electron chi connectivity index (χ0n) is 21.1. The Balaban J connectivity index is 2.28. The van der Waals surface area contributed by atoms with Crippen LogP contribution in [0.15, 0.2) is 71.5 Å². The van der Waals surface area contributed by atoms with Crippen LogP contribution in [0.5, 0.6) is 0 Å². The third-order valence-corrected chi connectivity index (χ3v) is 6.65. The second-order valence-corrected chi connectivity index (χ2v) is 8.47. The lowest BCUT2D eigenvalue weighted by molar-refractivity contribution is 1.29. The van der Waals surface area contributed by atoms with Crippen LogP contribution in [0.2, 0.25) is 0 Å². The lowest BCUT2D eigenvalue weighted by Crippen LogP contribution is -2.05. The molecular formula is C32H8N10. The summed E-state index contributed by atoms with van der Waals surface area (Å²) in [7, 11) is 0. The number of pyridine rings is 2. The number of allylic oxidation sites excluding steroid dienone is 6. The third kappa shape index (κ3) is 3.44. The minimum atomic E-state index is -0.472. The van der Waals surface area contributed by atoms with Gasteiger partial charge in [0, 0.05) is 34.7 Å². The Bertz CT molecular complexity index is 2090. The van der Waals surface area contributed by atoms with Gasteiger partial charge in [0.15, 0.2) is 5.70 Å². The van der Waals surface area contributed by atoms with Crippen molar-refractivity contribution in [3.8, 4) is 46.8 Å². The van der Waals surface area contributed by atoms with Crippen LogP contribution in [0.25, 0.3) is 64.3 Å². The molecule has 10 heteroatoms. The van der Waals surface area contributed by atoms with Gasteiger partial charge in [-0.15, -0.1) is 0 Å². The maximum absolute atomic E-state index is 10.4. The topological polar surface area (TPSA) is 138 Å². The van der Waals surface area contributed by atoms with Gasteiger partial charge in [-0.25, -0.2) is 25.1 Å². The minimum Gasteiger partial charge on any atom is -0.256 e. The number of fused-ring (bicyclic) bond motifs is 2. The largest absolute Gasteiger partial charge is 0.270 e. The zero-order valence-corrected chi connectivity index (χ0v) is 21.1. The average molecular weight is 532 g/mol. The molecule has 2 aromatic heterocycles. The van der Waals surface area contributed by atoms with Crippen molar-refractivity contribution in [1.29, 1.82) is 21.0 Å². The van der Waals surface area contributed by atoms with Gasteiger partial charge in [0.25, 0.3) is 11.4 Å². The molecule has 3 aromatic rings. The number of hydrogen-bond acceptors (Lipinski definition) is 6. The van der Waals surface area contributed by atoms with Crippen LogP contribution in [-0.4, -0.2) is 9.97 Å². The van der Waals surface area contributed by atoms with E-state index in [0.29, 0.717) is 0 Å². The molecule has 0 saturated heterocycles. The fraction of sp³-hybridized carbons (Fsp3) is 0. The second-order valence-electron chi connectivity index (χ2n) is 8.47. The number of nitriles is 4. The smallest absolute Gasteiger partial charge is 0.256 e. The van der Waals surface area contributed by atoms with E-state index in [-0.39, 0.29) is 78.5 Å². The lowest BCUT2D eigenvalue weighted by atomic mass is 9.81. The highest BCUT2D eigenvalue weighted by Gasteiger charge is 2.43. The molecule has 10 nitrogen and oxygen atoms in total. The van der Waals surface area contributed by atoms with E-state index < -0.39 is 11.4 Å². The van der Waals surface area contributed by atoms with Gasteiger partial charge in [-0.05, 0) is 46.5 Å². The molecule has 0 amide bonds. The number of nitrogens with zero attached hydrogens (tertiary/aromatic N) is 10. The van der Waals surface area contributed by atoms with E-state index in [0.717, 1.165) is 0 Å². The van der Waals surface area contributed by atoms with Gasteiger partial charge in [0.1, 0.15) is 6.07 Å². The van der Waals surface area contributed by atoms with Gasteiger partial charge < -0.3 is 0 Å². The fourth-order valence-corrected chi connectivity index (χ4v) is 5.18. The standard InChI is InChI=1S/C32H8N10/c1-37-21(15-35)23-17(13-33)18(14-34)24-25(19-9-5-7-11-41-19)30-29(26(28(23)24)20-10-6-8-12-42-20)27(22(16-36)38-2)31(39-3)32(30)40-4/h5-12H/b23-21-,27-22-. The number of rotatable bonds is 2. The first-order valence-corrected chi connectivity index (χ1v) is 11.7. The highest BCUT2D eigenvalue weighted by molar-refractivity contribution is 6.21. The van der Waals surface area contributed by atoms with Crippen LogP contribution in [0, 0.1) is 71.6 Å². The average Bonchev–Trinajstić information content (AvgIpc) is 3.54. The summed E-state index contributed by atoms with van der Waals surface area (Å²) in [5, 5.41) is 40.6. The maximum atomic E-state index is 10.4. The highest BCUT2D eigenvalue weighted by Crippen LogP contribution is 2.59. The molecular weight excluding hydrogens is 524 g/mol. The van der Waals surface area contributed by atoms with E-state index in [4.69, 9.17) is 26.3 Å². The molecule has 2 aliphatic carbocycles. The highest BCUT2D eigenvalue weighted by atomic mass is 14.8. The molecule has 2 heterocycles. The van der Waals surface area contributed by atoms with Gasteiger partial charge in [-0.1, -0.05) is 12.1 Å². The normalized spacial score (nSPS) is 14.9. The molecule has 0 atom stereocenters. The van der Waals surface area contributed by atoms with E-state index >= 15 is 0 Å². The van der Waals surface area contributed by atoms with Crippen molar-refractivity contribution in [2.75, 3.05) is 0 Å². The predicted molar refractivity (Wildman–Crippen MR) is 149 cm³/mol. The first kappa shape index (κ1) is 26.0. The van der Waals surface area contributed by atoms with E-state index in [1.807, 2.05) is 24.3 Å². The summed E-state index contributed by atoms with van der Waals surface area (Å²) in [5.74, 6) is 0. The third-order valence-electron chi connectivity index (χ3n) is 6.65. The molecule has 0 aliphatic heterocycles. The molecule has 0 unspecified atom stereocenters. The Kier molecular flexibility index (Phi) is 6.37. The summed E-state index contributed by atoms with van der Waals surface area (Å²) >= 11 is 0. The van der Waals surface area contributed by atoms with E-state index in [2.05, 4.69) is 29.3 Å². The number of benzene rings is 1. The van der Waals surface area contributed by atoms with Crippen LogP contribution in [-0.2, 0) is 0 Å². The fourth-order valence-electron chi connectivity index (χ4n) is 5.18. The first-order chi connectivity index (χ1) is 20.6. The van der Waals surface area contributed by atoms with Gasteiger partial charge in [-0.3, -0.25) is 14.8 Å². The molecule has 0 spiro atoms. The molecule has 5 rings (SSSR count). The molecule has 186 valence electrons. The molecule has 2 aliphatic rings. The Labute approximate surface area is 239 Å². The summed E-state index contributed by atoms with van der Waals surface area (Å²) in [5.41, 5.74) is -0.632. The summed E-state index contributed by atoms with van der Waals surface area (Å²) in [4.78, 5) is 22.8. The monoisotopic (exact) mass is 532 g/mol. The summed E-state index contributed by atoms with van der Waals surface area (Å²) in [6.45, 7) is 31.4. The maximum Gasteiger partial charge on any atom is 0.270 e. The first-order valence-electron chi connectivity index (χ1n) is 11.7. The van der Waals surface area contributed by atoms with E-state index in [1.165, 1.54) is 12.4 Å². The molecule has 0 saturated carbocycles. The van der Waals surface area contributed by atoms with Crippen LogP contribution in [0.3, 0.4) is 0 Å². The molecule has 0 N–H and O–H groups in total. The van der Waals surface area contributed by atoms with Gasteiger partial charge in [0.2, 0.25) is 5.70 Å². The van der Waals surface area contributed by atoms with Gasteiger partial charge in [-0.2, -0.15) is 10.5 Å². The Morgan fingerprint density at radius 3 is 1.50 bits per heavy atom. The van der Waals surface area contributed by atoms with Gasteiger partial charge >= 0.3 is 0 Å². The van der Waals surface area contributed by atoms with Crippen molar-refractivity contribution in [3.05, 3.63) is 139 Å². The van der Waals surface area contributed by atoms with Crippen LogP contribution >= 0.6 is 0 Å². The second kappa shape index (κ2) is 10.3. The zero-order chi connectivity index (χ0) is 30.0. The van der Waals surface area contributed by atoms with Crippen molar-refractivity contribution >= 4 is 22.4 Å². The quantitative estimate of drug-likeness (QED) is 0.274. The van der Waals surface area contributed by atoms with Crippen molar-refractivity contribution in [3.63, 3.8) is 0 Å². The Morgan fingerprint density at radius 2 is 1.07 bits per heavy atom. The molecule has 0 bridgehead atoms. The SMILES string of the molecule is [C-]#[N+]C1=C([N+]#[C-])c2c(c(-c3ccccn3)c3c(c2-c2ccccn2)C(C#N)=C(C#N)/C3=C(\C#N)[N+]#[C-])/C1=C(\C#N)[N+]#[C-]. The molecule has 42 heavy (non-hydrogen) atoms. The van der Waals surface area contributed by atoms with Gasteiger partial charge in [0.05, 0.1) is 67.0 Å². The molecule has 0 fully saturated rings. The van der Waals surface area contributed by atoms with Crippen molar-refractivity contribution in [1.82, 2.24) is 9.97 Å². The van der Waals surface area contributed by atoms with E-state index in [9.17, 15) is 21.0 Å².